The summed E-state index contributed by atoms with van der Waals surface area (Å²) in [4.78, 5) is 31.9. The van der Waals surface area contributed by atoms with E-state index in [4.69, 9.17) is 10.5 Å². The summed E-state index contributed by atoms with van der Waals surface area (Å²) in [7, 11) is 1.59. The van der Waals surface area contributed by atoms with Gasteiger partial charge in [-0.2, -0.15) is 0 Å². The maximum atomic E-state index is 13.9. The fourth-order valence-corrected chi connectivity index (χ4v) is 6.16. The molecule has 0 aromatic heterocycles. The molecule has 5 rings (SSSR count). The van der Waals surface area contributed by atoms with Gasteiger partial charge in [0.25, 0.3) is 5.91 Å². The van der Waals surface area contributed by atoms with Crippen LogP contribution >= 0.6 is 0 Å². The van der Waals surface area contributed by atoms with Crippen LogP contribution in [0.2, 0.25) is 0 Å². The van der Waals surface area contributed by atoms with Crippen LogP contribution < -0.4 is 15.8 Å². The van der Waals surface area contributed by atoms with Crippen molar-refractivity contribution in [1.29, 1.82) is 0 Å². The number of benzene rings is 3. The Bertz CT molecular complexity index is 1280. The molecule has 2 unspecified atom stereocenters. The van der Waals surface area contributed by atoms with Crippen LogP contribution in [0.15, 0.2) is 84.9 Å². The van der Waals surface area contributed by atoms with Crippen molar-refractivity contribution in [3.63, 3.8) is 0 Å². The molecular weight excluding hydrogens is 512 g/mol. The van der Waals surface area contributed by atoms with Crippen LogP contribution in [-0.4, -0.2) is 66.0 Å². The van der Waals surface area contributed by atoms with E-state index in [1.165, 1.54) is 11.1 Å². The number of hydrogen-bond donors (Lipinski definition) is 2. The van der Waals surface area contributed by atoms with Crippen molar-refractivity contribution in [3.8, 4) is 5.75 Å². The van der Waals surface area contributed by atoms with Crippen LogP contribution in [0, 0.1) is 0 Å². The summed E-state index contributed by atoms with van der Waals surface area (Å²) in [5.74, 6) is 0.423. The Hall–Kier alpha value is -3.68. The molecule has 3 aromatic rings. The first-order valence-electron chi connectivity index (χ1n) is 14.8. The number of hydrogen-bond acceptors (Lipinski definition) is 5. The van der Waals surface area contributed by atoms with E-state index in [1.54, 1.807) is 24.1 Å². The van der Waals surface area contributed by atoms with E-state index in [0.29, 0.717) is 24.3 Å². The lowest BCUT2D eigenvalue weighted by molar-refractivity contribution is -0.125. The van der Waals surface area contributed by atoms with Crippen LogP contribution in [0.4, 0.5) is 0 Å². The lowest BCUT2D eigenvalue weighted by atomic mass is 9.91. The summed E-state index contributed by atoms with van der Waals surface area (Å²) < 4.78 is 5.38. The standard InChI is InChI=1S/C34H42N4O3/c1-41-31-14-8-13-27(21-31)34(40)38-24-30(22-32(38)33(39)36-29-17-15-28(35)16-18-29)37(23-26-11-6-3-7-12-26)20-19-25-9-4-2-5-10-25/h2-14,21,28-30,32H,15-20,22-24,35H2,1H3,(H,36,39). The van der Waals surface area contributed by atoms with Gasteiger partial charge in [0.2, 0.25) is 5.91 Å². The van der Waals surface area contributed by atoms with Crippen LogP contribution in [-0.2, 0) is 17.8 Å². The largest absolute Gasteiger partial charge is 0.497 e. The molecule has 1 saturated carbocycles. The molecule has 2 fully saturated rings. The Morgan fingerprint density at radius 3 is 2.29 bits per heavy atom. The smallest absolute Gasteiger partial charge is 0.254 e. The minimum absolute atomic E-state index is 0.0454. The van der Waals surface area contributed by atoms with Crippen molar-refractivity contribution >= 4 is 11.8 Å². The maximum Gasteiger partial charge on any atom is 0.254 e. The number of likely N-dealkylation sites (tertiary alicyclic amines) is 1. The van der Waals surface area contributed by atoms with Crippen LogP contribution in [0.25, 0.3) is 0 Å². The molecule has 7 nitrogen and oxygen atoms in total. The molecule has 0 bridgehead atoms. The van der Waals surface area contributed by atoms with Gasteiger partial charge in [0.05, 0.1) is 7.11 Å². The predicted octanol–water partition coefficient (Wildman–Crippen LogP) is 4.41. The van der Waals surface area contributed by atoms with Gasteiger partial charge in [0.15, 0.2) is 0 Å². The van der Waals surface area contributed by atoms with Gasteiger partial charge in [-0.15, -0.1) is 0 Å². The number of methoxy groups -OCH3 is 1. The van der Waals surface area contributed by atoms with Gasteiger partial charge in [-0.3, -0.25) is 14.5 Å². The second-order valence-electron chi connectivity index (χ2n) is 11.4. The molecule has 41 heavy (non-hydrogen) atoms. The number of amides is 2. The number of nitrogens with two attached hydrogens (primary N) is 1. The molecule has 1 aliphatic heterocycles. The van der Waals surface area contributed by atoms with Gasteiger partial charge in [-0.25, -0.2) is 0 Å². The fourth-order valence-electron chi connectivity index (χ4n) is 6.16. The van der Waals surface area contributed by atoms with Crippen molar-refractivity contribution in [1.82, 2.24) is 15.1 Å². The fraction of sp³-hybridized carbons (Fsp3) is 0.412. The topological polar surface area (TPSA) is 87.9 Å². The first-order chi connectivity index (χ1) is 20.0. The summed E-state index contributed by atoms with van der Waals surface area (Å²) in [6.07, 6.45) is 5.07. The highest BCUT2D eigenvalue weighted by atomic mass is 16.5. The first kappa shape index (κ1) is 28.8. The normalized spacial score (nSPS) is 22.5. The van der Waals surface area contributed by atoms with Crippen molar-refractivity contribution in [3.05, 3.63) is 102 Å². The van der Waals surface area contributed by atoms with Crippen molar-refractivity contribution < 1.29 is 14.3 Å². The molecule has 1 heterocycles. The maximum absolute atomic E-state index is 13.9. The Kier molecular flexibility index (Phi) is 9.70. The van der Waals surface area contributed by atoms with Gasteiger partial charge < -0.3 is 20.7 Å². The lowest BCUT2D eigenvalue weighted by Crippen LogP contribution is -2.50. The third-order valence-corrected chi connectivity index (χ3v) is 8.55. The molecule has 0 spiro atoms. The van der Waals surface area contributed by atoms with Gasteiger partial charge in [-0.1, -0.05) is 66.7 Å². The molecule has 1 aliphatic carbocycles. The molecule has 3 aromatic carbocycles. The zero-order valence-electron chi connectivity index (χ0n) is 24.0. The minimum atomic E-state index is -0.538. The molecule has 0 radical (unpaired) electrons. The number of carbonyl (C=O) groups is 2. The zero-order valence-corrected chi connectivity index (χ0v) is 24.0. The highest BCUT2D eigenvalue weighted by Crippen LogP contribution is 2.28. The molecule has 1 saturated heterocycles. The molecule has 2 atom stereocenters. The Labute approximate surface area is 243 Å². The number of ether oxygens (including phenoxy) is 1. The Morgan fingerprint density at radius 1 is 0.927 bits per heavy atom. The Balaban J connectivity index is 1.39. The average molecular weight is 555 g/mol. The molecule has 3 N–H and O–H groups in total. The van der Waals surface area contributed by atoms with E-state index in [-0.39, 0.29) is 29.9 Å². The average Bonchev–Trinajstić information content (AvgIpc) is 3.47. The second-order valence-corrected chi connectivity index (χ2v) is 11.4. The quantitative estimate of drug-likeness (QED) is 0.388. The number of nitrogens with one attached hydrogen (secondary N) is 1. The van der Waals surface area contributed by atoms with Crippen molar-refractivity contribution in [2.75, 3.05) is 20.2 Å². The van der Waals surface area contributed by atoms with Crippen molar-refractivity contribution in [2.24, 2.45) is 5.73 Å². The van der Waals surface area contributed by atoms with Crippen LogP contribution in [0.1, 0.15) is 53.6 Å². The Morgan fingerprint density at radius 2 is 1.61 bits per heavy atom. The SMILES string of the molecule is COc1cccc(C(=O)N2CC(N(CCc3ccccc3)Cc3ccccc3)CC2C(=O)NC2CCC(N)CC2)c1. The zero-order chi connectivity index (χ0) is 28.6. The van der Waals surface area contributed by atoms with E-state index in [9.17, 15) is 9.59 Å². The van der Waals surface area contributed by atoms with Crippen LogP contribution in [0.5, 0.6) is 5.75 Å². The predicted molar refractivity (Wildman–Crippen MR) is 162 cm³/mol. The summed E-state index contributed by atoms with van der Waals surface area (Å²) in [6, 6.07) is 27.9. The summed E-state index contributed by atoms with van der Waals surface area (Å²) in [6.45, 7) is 2.08. The van der Waals surface area contributed by atoms with Gasteiger partial charge in [0.1, 0.15) is 11.8 Å². The van der Waals surface area contributed by atoms with Crippen LogP contribution in [0.3, 0.4) is 0 Å². The lowest BCUT2D eigenvalue weighted by Gasteiger charge is -2.30. The summed E-state index contributed by atoms with van der Waals surface area (Å²) in [5, 5.41) is 3.28. The van der Waals surface area contributed by atoms with Gasteiger partial charge >= 0.3 is 0 Å². The number of rotatable bonds is 10. The van der Waals surface area contributed by atoms with E-state index in [1.807, 2.05) is 24.3 Å². The summed E-state index contributed by atoms with van der Waals surface area (Å²) >= 11 is 0. The number of carbonyl (C=O) groups excluding carboxylic acids is 2. The molecule has 2 aliphatic rings. The molecule has 216 valence electrons. The van der Waals surface area contributed by atoms with Gasteiger partial charge in [0, 0.05) is 43.3 Å². The van der Waals surface area contributed by atoms with E-state index < -0.39 is 6.04 Å². The monoisotopic (exact) mass is 554 g/mol. The van der Waals surface area contributed by atoms with Crippen molar-refractivity contribution in [2.45, 2.75) is 69.2 Å². The molecule has 7 heteroatoms. The van der Waals surface area contributed by atoms with E-state index in [0.717, 1.165) is 45.2 Å². The second kappa shape index (κ2) is 13.8. The van der Waals surface area contributed by atoms with E-state index in [2.05, 4.69) is 58.7 Å². The highest BCUT2D eigenvalue weighted by molar-refractivity contribution is 5.98. The molecule has 2 amide bonds. The highest BCUT2D eigenvalue weighted by Gasteiger charge is 2.42. The van der Waals surface area contributed by atoms with E-state index >= 15 is 0 Å². The first-order valence-corrected chi connectivity index (χ1v) is 14.8. The summed E-state index contributed by atoms with van der Waals surface area (Å²) in [5.41, 5.74) is 9.13. The minimum Gasteiger partial charge on any atom is -0.497 e. The number of nitrogens with zero attached hydrogens (tertiary/aromatic N) is 2. The third kappa shape index (κ3) is 7.54. The van der Waals surface area contributed by atoms with Gasteiger partial charge in [-0.05, 0) is 67.9 Å². The third-order valence-electron chi connectivity index (χ3n) is 8.55. The molecular formula is C34H42N4O3.